The molecule has 2 rings (SSSR count). The van der Waals surface area contributed by atoms with E-state index in [1.807, 2.05) is 0 Å². The lowest BCUT2D eigenvalue weighted by molar-refractivity contribution is 0.190. The third-order valence-electron chi connectivity index (χ3n) is 4.48. The van der Waals surface area contributed by atoms with E-state index in [1.165, 1.54) is 18.5 Å². The van der Waals surface area contributed by atoms with E-state index in [0.717, 1.165) is 45.0 Å². The van der Waals surface area contributed by atoms with Crippen molar-refractivity contribution in [2.45, 2.75) is 52.1 Å². The maximum absolute atomic E-state index is 5.89. The van der Waals surface area contributed by atoms with Gasteiger partial charge in [0.2, 0.25) is 5.95 Å². The van der Waals surface area contributed by atoms with Crippen molar-refractivity contribution in [1.82, 2.24) is 9.55 Å². The number of methoxy groups -OCH3 is 1. The molecule has 0 bridgehead atoms. The van der Waals surface area contributed by atoms with Gasteiger partial charge in [-0.2, -0.15) is 0 Å². The number of aryl methyl sites for hydroxylation is 2. The summed E-state index contributed by atoms with van der Waals surface area (Å²) in [4.78, 5) is 7.31. The summed E-state index contributed by atoms with van der Waals surface area (Å²) in [5.41, 5.74) is 7.06. The van der Waals surface area contributed by atoms with Crippen molar-refractivity contribution in [2.24, 2.45) is 11.7 Å². The molecule has 1 fully saturated rings. The van der Waals surface area contributed by atoms with Crippen molar-refractivity contribution in [2.75, 3.05) is 31.7 Å². The van der Waals surface area contributed by atoms with Gasteiger partial charge in [-0.15, -0.1) is 0 Å². The Morgan fingerprint density at radius 3 is 2.90 bits per heavy atom. The van der Waals surface area contributed by atoms with E-state index in [4.69, 9.17) is 15.5 Å². The molecule has 2 atom stereocenters. The molecule has 5 nitrogen and oxygen atoms in total. The molecule has 0 amide bonds. The zero-order chi connectivity index (χ0) is 15.2. The fourth-order valence-electron chi connectivity index (χ4n) is 3.06. The van der Waals surface area contributed by atoms with Crippen LogP contribution in [-0.2, 0) is 17.7 Å². The first-order valence-corrected chi connectivity index (χ1v) is 8.21. The SMILES string of the molecule is CCc1cn(CCCOC)c(N2CC(CN)CCC2C)n1. The second-order valence-electron chi connectivity index (χ2n) is 6.11. The number of ether oxygens (including phenoxy) is 1. The van der Waals surface area contributed by atoms with Crippen molar-refractivity contribution < 1.29 is 4.74 Å². The van der Waals surface area contributed by atoms with Crippen LogP contribution >= 0.6 is 0 Å². The molecule has 0 aromatic carbocycles. The summed E-state index contributed by atoms with van der Waals surface area (Å²) in [6.07, 6.45) is 6.63. The van der Waals surface area contributed by atoms with Crippen LogP contribution in [-0.4, -0.2) is 42.4 Å². The Morgan fingerprint density at radius 2 is 2.24 bits per heavy atom. The number of hydrogen-bond acceptors (Lipinski definition) is 4. The molecule has 0 radical (unpaired) electrons. The summed E-state index contributed by atoms with van der Waals surface area (Å²) in [6.45, 7) is 8.02. The van der Waals surface area contributed by atoms with E-state index in [-0.39, 0.29) is 0 Å². The first kappa shape index (κ1) is 16.3. The van der Waals surface area contributed by atoms with Gasteiger partial charge in [0.1, 0.15) is 0 Å². The monoisotopic (exact) mass is 294 g/mol. The number of nitrogens with zero attached hydrogens (tertiary/aromatic N) is 3. The zero-order valence-corrected chi connectivity index (χ0v) is 13.7. The van der Waals surface area contributed by atoms with E-state index in [2.05, 4.69) is 29.5 Å². The summed E-state index contributed by atoms with van der Waals surface area (Å²) in [6, 6.07) is 0.543. The van der Waals surface area contributed by atoms with Crippen molar-refractivity contribution in [3.63, 3.8) is 0 Å². The topological polar surface area (TPSA) is 56.3 Å². The minimum Gasteiger partial charge on any atom is -0.385 e. The Morgan fingerprint density at radius 1 is 1.43 bits per heavy atom. The average Bonchev–Trinajstić information content (AvgIpc) is 2.91. The number of piperidine rings is 1. The Labute approximate surface area is 128 Å². The van der Waals surface area contributed by atoms with Crippen molar-refractivity contribution in [1.29, 1.82) is 0 Å². The van der Waals surface area contributed by atoms with Gasteiger partial charge in [-0.1, -0.05) is 6.92 Å². The van der Waals surface area contributed by atoms with E-state index < -0.39 is 0 Å². The van der Waals surface area contributed by atoms with Gasteiger partial charge in [0.05, 0.1) is 5.69 Å². The Balaban J connectivity index is 2.17. The van der Waals surface area contributed by atoms with Crippen molar-refractivity contribution in [3.8, 4) is 0 Å². The number of aromatic nitrogens is 2. The predicted molar refractivity (Wildman–Crippen MR) is 86.7 cm³/mol. The summed E-state index contributed by atoms with van der Waals surface area (Å²) in [7, 11) is 1.75. The molecule has 1 saturated heterocycles. The molecule has 0 aliphatic carbocycles. The molecule has 2 N–H and O–H groups in total. The van der Waals surface area contributed by atoms with Crippen LogP contribution in [0.4, 0.5) is 5.95 Å². The third kappa shape index (κ3) is 3.98. The second kappa shape index (κ2) is 7.80. The Bertz CT molecular complexity index is 432. The van der Waals surface area contributed by atoms with Gasteiger partial charge in [-0.3, -0.25) is 0 Å². The molecule has 2 heterocycles. The lowest BCUT2D eigenvalue weighted by Gasteiger charge is -2.38. The standard InChI is InChI=1S/C16H30N4O/c1-4-15-12-19(8-5-9-21-3)16(18-15)20-11-14(10-17)7-6-13(20)2/h12-14H,4-11,17H2,1-3H3. The number of anilines is 1. The van der Waals surface area contributed by atoms with Crippen LogP contribution in [0.3, 0.4) is 0 Å². The fraction of sp³-hybridized carbons (Fsp3) is 0.812. The van der Waals surface area contributed by atoms with Crippen LogP contribution in [0, 0.1) is 5.92 Å². The van der Waals surface area contributed by atoms with Gasteiger partial charge in [-0.05, 0) is 45.1 Å². The number of nitrogens with two attached hydrogens (primary N) is 1. The Hall–Kier alpha value is -1.07. The van der Waals surface area contributed by atoms with E-state index >= 15 is 0 Å². The molecule has 21 heavy (non-hydrogen) atoms. The van der Waals surface area contributed by atoms with E-state index in [1.54, 1.807) is 7.11 Å². The van der Waals surface area contributed by atoms with Crippen molar-refractivity contribution in [3.05, 3.63) is 11.9 Å². The largest absolute Gasteiger partial charge is 0.385 e. The molecule has 2 unspecified atom stereocenters. The van der Waals surface area contributed by atoms with Gasteiger partial charge >= 0.3 is 0 Å². The van der Waals surface area contributed by atoms with Crippen LogP contribution in [0.15, 0.2) is 6.20 Å². The van der Waals surface area contributed by atoms with Crippen LogP contribution in [0.1, 0.15) is 38.8 Å². The van der Waals surface area contributed by atoms with Crippen molar-refractivity contribution >= 4 is 5.95 Å². The maximum atomic E-state index is 5.89. The smallest absolute Gasteiger partial charge is 0.205 e. The highest BCUT2D eigenvalue weighted by Gasteiger charge is 2.27. The zero-order valence-electron chi connectivity index (χ0n) is 13.7. The molecule has 1 aliphatic heterocycles. The van der Waals surface area contributed by atoms with Crippen LogP contribution in [0.5, 0.6) is 0 Å². The molecule has 0 spiro atoms. The lowest BCUT2D eigenvalue weighted by Crippen LogP contribution is -2.45. The summed E-state index contributed by atoms with van der Waals surface area (Å²) < 4.78 is 7.47. The molecular formula is C16H30N4O. The minimum absolute atomic E-state index is 0.543. The van der Waals surface area contributed by atoms with Gasteiger partial charge in [0.15, 0.2) is 0 Å². The minimum atomic E-state index is 0.543. The quantitative estimate of drug-likeness (QED) is 0.782. The van der Waals surface area contributed by atoms with Gasteiger partial charge in [-0.25, -0.2) is 4.98 Å². The molecule has 0 saturated carbocycles. The van der Waals surface area contributed by atoms with E-state index in [9.17, 15) is 0 Å². The molecule has 1 aromatic heterocycles. The molecule has 1 aromatic rings. The highest BCUT2D eigenvalue weighted by molar-refractivity contribution is 5.36. The second-order valence-corrected chi connectivity index (χ2v) is 6.11. The lowest BCUT2D eigenvalue weighted by atomic mass is 9.94. The third-order valence-corrected chi connectivity index (χ3v) is 4.48. The normalized spacial score (nSPS) is 22.8. The molecule has 5 heteroatoms. The maximum Gasteiger partial charge on any atom is 0.205 e. The average molecular weight is 294 g/mol. The van der Waals surface area contributed by atoms with Crippen LogP contribution in [0.2, 0.25) is 0 Å². The molecule has 1 aliphatic rings. The highest BCUT2D eigenvalue weighted by Crippen LogP contribution is 2.27. The summed E-state index contributed by atoms with van der Waals surface area (Å²) in [5, 5.41) is 0. The van der Waals surface area contributed by atoms with Crippen LogP contribution < -0.4 is 10.6 Å². The first-order valence-electron chi connectivity index (χ1n) is 8.21. The summed E-state index contributed by atoms with van der Waals surface area (Å²) in [5.74, 6) is 1.71. The molecule has 120 valence electrons. The number of rotatable bonds is 7. The van der Waals surface area contributed by atoms with Gasteiger partial charge in [0.25, 0.3) is 0 Å². The molecular weight excluding hydrogens is 264 g/mol. The summed E-state index contributed by atoms with van der Waals surface area (Å²) >= 11 is 0. The van der Waals surface area contributed by atoms with Crippen LogP contribution in [0.25, 0.3) is 0 Å². The number of imidazole rings is 1. The first-order chi connectivity index (χ1) is 10.2. The van der Waals surface area contributed by atoms with Gasteiger partial charge in [0, 0.05) is 39.0 Å². The predicted octanol–water partition coefficient (Wildman–Crippen LogP) is 2.05. The van der Waals surface area contributed by atoms with E-state index in [0.29, 0.717) is 12.0 Å². The highest BCUT2D eigenvalue weighted by atomic mass is 16.5. The Kier molecular flexibility index (Phi) is 6.06. The fourth-order valence-corrected chi connectivity index (χ4v) is 3.06. The van der Waals surface area contributed by atoms with Gasteiger partial charge < -0.3 is 19.9 Å². The number of hydrogen-bond donors (Lipinski definition) is 1.